The Morgan fingerprint density at radius 3 is 2.36 bits per heavy atom. The van der Waals surface area contributed by atoms with Gasteiger partial charge < -0.3 is 10.0 Å². The minimum atomic E-state index is -0.686. The van der Waals surface area contributed by atoms with E-state index in [1.807, 2.05) is 0 Å². The maximum absolute atomic E-state index is 10.9. The Bertz CT molecular complexity index is 195. The fourth-order valence-corrected chi connectivity index (χ4v) is 1.73. The third kappa shape index (κ3) is 3.29. The van der Waals surface area contributed by atoms with Crippen LogP contribution < -0.4 is 0 Å². The van der Waals surface area contributed by atoms with Gasteiger partial charge in [0, 0.05) is 0 Å². The number of carbonyl (C=O) groups is 1. The maximum atomic E-state index is 10.9. The Kier molecular flexibility index (Phi) is 3.93. The molecule has 3 heteroatoms. The number of carboxylic acids is 1. The quantitative estimate of drug-likeness (QED) is 0.752. The van der Waals surface area contributed by atoms with Crippen LogP contribution in [0.4, 0.5) is 0 Å². The topological polar surface area (TPSA) is 40.5 Å². The summed E-state index contributed by atoms with van der Waals surface area (Å²) < 4.78 is 0. The highest BCUT2D eigenvalue weighted by atomic mass is 16.4. The van der Waals surface area contributed by atoms with E-state index in [9.17, 15) is 4.79 Å². The van der Waals surface area contributed by atoms with E-state index in [1.54, 1.807) is 13.8 Å². The molecule has 0 aromatic carbocycles. The third-order valence-electron chi connectivity index (χ3n) is 3.08. The summed E-state index contributed by atoms with van der Waals surface area (Å²) in [6, 6.07) is 0. The number of rotatable bonds is 4. The monoisotopic (exact) mass is 199 g/mol. The molecule has 1 N–H and O–H groups in total. The van der Waals surface area contributed by atoms with Crippen molar-refractivity contribution < 1.29 is 9.90 Å². The normalized spacial score (nSPS) is 19.6. The van der Waals surface area contributed by atoms with Gasteiger partial charge in [0.05, 0.1) is 5.41 Å². The molecule has 1 fully saturated rings. The van der Waals surface area contributed by atoms with Crippen molar-refractivity contribution in [2.75, 3.05) is 19.6 Å². The number of nitrogens with zero attached hydrogens (tertiary/aromatic N) is 1. The van der Waals surface area contributed by atoms with Crippen LogP contribution in [0, 0.1) is 5.41 Å². The van der Waals surface area contributed by atoms with E-state index in [0.29, 0.717) is 0 Å². The average Bonchev–Trinajstić information content (AvgIpc) is 2.16. The van der Waals surface area contributed by atoms with Gasteiger partial charge in [0.25, 0.3) is 0 Å². The van der Waals surface area contributed by atoms with Crippen LogP contribution in [-0.2, 0) is 4.79 Å². The summed E-state index contributed by atoms with van der Waals surface area (Å²) >= 11 is 0. The molecule has 0 bridgehead atoms. The minimum Gasteiger partial charge on any atom is -0.481 e. The molecule has 3 nitrogen and oxygen atoms in total. The van der Waals surface area contributed by atoms with E-state index in [2.05, 4.69) is 4.90 Å². The van der Waals surface area contributed by atoms with Crippen molar-refractivity contribution in [2.24, 2.45) is 5.41 Å². The van der Waals surface area contributed by atoms with Gasteiger partial charge in [-0.1, -0.05) is 6.42 Å². The Morgan fingerprint density at radius 2 is 1.86 bits per heavy atom. The highest BCUT2D eigenvalue weighted by Gasteiger charge is 2.27. The first-order valence-electron chi connectivity index (χ1n) is 5.48. The molecule has 0 aromatic heterocycles. The highest BCUT2D eigenvalue weighted by molar-refractivity contribution is 5.73. The molecule has 82 valence electrons. The van der Waals surface area contributed by atoms with Crippen LogP contribution in [0.3, 0.4) is 0 Å². The van der Waals surface area contributed by atoms with Gasteiger partial charge in [-0.05, 0) is 52.7 Å². The Hall–Kier alpha value is -0.570. The largest absolute Gasteiger partial charge is 0.481 e. The van der Waals surface area contributed by atoms with Crippen LogP contribution in [-0.4, -0.2) is 35.6 Å². The van der Waals surface area contributed by atoms with E-state index < -0.39 is 11.4 Å². The van der Waals surface area contributed by atoms with Crippen molar-refractivity contribution in [3.05, 3.63) is 0 Å². The molecule has 0 spiro atoms. The van der Waals surface area contributed by atoms with Crippen molar-refractivity contribution in [3.8, 4) is 0 Å². The van der Waals surface area contributed by atoms with Crippen molar-refractivity contribution in [1.82, 2.24) is 4.90 Å². The number of hydrogen-bond acceptors (Lipinski definition) is 2. The summed E-state index contributed by atoms with van der Waals surface area (Å²) in [5.74, 6) is -0.686. The Balaban J connectivity index is 2.28. The maximum Gasteiger partial charge on any atom is 0.309 e. The second-order valence-electron chi connectivity index (χ2n) is 4.84. The molecule has 1 aliphatic heterocycles. The van der Waals surface area contributed by atoms with Gasteiger partial charge in [0.1, 0.15) is 0 Å². The predicted octanol–water partition coefficient (Wildman–Crippen LogP) is 1.97. The molecule has 14 heavy (non-hydrogen) atoms. The van der Waals surface area contributed by atoms with Gasteiger partial charge in [0.2, 0.25) is 0 Å². The smallest absolute Gasteiger partial charge is 0.309 e. The first kappa shape index (κ1) is 11.5. The van der Waals surface area contributed by atoms with E-state index in [0.717, 1.165) is 26.1 Å². The molecule has 1 rings (SSSR count). The van der Waals surface area contributed by atoms with Gasteiger partial charge in [0.15, 0.2) is 0 Å². The lowest BCUT2D eigenvalue weighted by atomic mass is 9.89. The highest BCUT2D eigenvalue weighted by Crippen LogP contribution is 2.21. The molecule has 0 amide bonds. The predicted molar refractivity (Wildman–Crippen MR) is 56.3 cm³/mol. The number of likely N-dealkylation sites (tertiary alicyclic amines) is 1. The van der Waals surface area contributed by atoms with Crippen molar-refractivity contribution >= 4 is 5.97 Å². The molecule has 0 atom stereocenters. The summed E-state index contributed by atoms with van der Waals surface area (Å²) in [6.07, 6.45) is 4.63. The number of carboxylic acid groups (broad SMARTS) is 1. The number of piperidine rings is 1. The molecule has 0 aliphatic carbocycles. The summed E-state index contributed by atoms with van der Waals surface area (Å²) in [5.41, 5.74) is -0.572. The first-order chi connectivity index (χ1) is 6.52. The van der Waals surface area contributed by atoms with Crippen LogP contribution in [0.1, 0.15) is 39.5 Å². The van der Waals surface area contributed by atoms with Crippen LogP contribution in [0.5, 0.6) is 0 Å². The summed E-state index contributed by atoms with van der Waals surface area (Å²) in [7, 11) is 0. The zero-order valence-electron chi connectivity index (χ0n) is 9.25. The molecule has 1 heterocycles. The fraction of sp³-hybridized carbons (Fsp3) is 0.909. The zero-order valence-corrected chi connectivity index (χ0v) is 9.25. The van der Waals surface area contributed by atoms with E-state index >= 15 is 0 Å². The van der Waals surface area contributed by atoms with Crippen LogP contribution >= 0.6 is 0 Å². The molecule has 0 unspecified atom stereocenters. The lowest BCUT2D eigenvalue weighted by molar-refractivity contribution is -0.147. The minimum absolute atomic E-state index is 0.572. The second kappa shape index (κ2) is 4.78. The molecule has 0 saturated carbocycles. The van der Waals surface area contributed by atoms with Gasteiger partial charge in [-0.2, -0.15) is 0 Å². The van der Waals surface area contributed by atoms with E-state index in [-0.39, 0.29) is 0 Å². The van der Waals surface area contributed by atoms with Crippen molar-refractivity contribution in [2.45, 2.75) is 39.5 Å². The molecule has 0 radical (unpaired) electrons. The summed E-state index contributed by atoms with van der Waals surface area (Å²) in [4.78, 5) is 13.3. The molecular weight excluding hydrogens is 178 g/mol. The van der Waals surface area contributed by atoms with Gasteiger partial charge in [-0.3, -0.25) is 4.79 Å². The third-order valence-corrected chi connectivity index (χ3v) is 3.08. The van der Waals surface area contributed by atoms with Crippen LogP contribution in [0.25, 0.3) is 0 Å². The van der Waals surface area contributed by atoms with E-state index in [4.69, 9.17) is 5.11 Å². The average molecular weight is 199 g/mol. The Labute approximate surface area is 86.1 Å². The van der Waals surface area contributed by atoms with Gasteiger partial charge in [-0.25, -0.2) is 0 Å². The second-order valence-corrected chi connectivity index (χ2v) is 4.84. The lowest BCUT2D eigenvalue weighted by Crippen LogP contribution is -2.35. The molecule has 0 aromatic rings. The zero-order chi connectivity index (χ0) is 10.6. The number of aliphatic carboxylic acids is 1. The Morgan fingerprint density at radius 1 is 1.29 bits per heavy atom. The van der Waals surface area contributed by atoms with Gasteiger partial charge >= 0.3 is 5.97 Å². The van der Waals surface area contributed by atoms with Crippen LogP contribution in [0.2, 0.25) is 0 Å². The van der Waals surface area contributed by atoms with Crippen molar-refractivity contribution in [3.63, 3.8) is 0 Å². The SMILES string of the molecule is CC(C)(CCN1CCCCC1)C(=O)O. The summed E-state index contributed by atoms with van der Waals surface area (Å²) in [5, 5.41) is 8.95. The van der Waals surface area contributed by atoms with Crippen molar-refractivity contribution in [1.29, 1.82) is 0 Å². The lowest BCUT2D eigenvalue weighted by Gasteiger charge is -2.29. The summed E-state index contributed by atoms with van der Waals surface area (Å²) in [6.45, 7) is 6.84. The molecule has 1 saturated heterocycles. The first-order valence-corrected chi connectivity index (χ1v) is 5.48. The fourth-order valence-electron chi connectivity index (χ4n) is 1.73. The standard InChI is InChI=1S/C11H21NO2/c1-11(2,10(13)14)6-9-12-7-4-3-5-8-12/h3-9H2,1-2H3,(H,13,14). The van der Waals surface area contributed by atoms with Gasteiger partial charge in [-0.15, -0.1) is 0 Å². The van der Waals surface area contributed by atoms with E-state index in [1.165, 1.54) is 19.3 Å². The van der Waals surface area contributed by atoms with Crippen LogP contribution in [0.15, 0.2) is 0 Å². The molecular formula is C11H21NO2. The molecule has 1 aliphatic rings. The number of hydrogen-bond donors (Lipinski definition) is 1.